The van der Waals surface area contributed by atoms with E-state index in [1.807, 2.05) is 7.05 Å². The zero-order valence-corrected chi connectivity index (χ0v) is 9.16. The van der Waals surface area contributed by atoms with Crippen molar-refractivity contribution >= 4 is 11.8 Å². The molecule has 0 rings (SSSR count). The molecule has 0 fully saturated rings. The summed E-state index contributed by atoms with van der Waals surface area (Å²) in [4.78, 5) is 0. The minimum atomic E-state index is 0.624. The Morgan fingerprint density at radius 2 is 1.73 bits per heavy atom. The summed E-state index contributed by atoms with van der Waals surface area (Å²) in [6, 6.07) is 0.624. The number of thioether (sulfide) groups is 1. The SMILES string of the molecule is CNC(C)C(C)SCC(C)C. The van der Waals surface area contributed by atoms with Crippen molar-refractivity contribution < 1.29 is 0 Å². The van der Waals surface area contributed by atoms with Crippen LogP contribution in [0.2, 0.25) is 0 Å². The number of rotatable bonds is 5. The molecule has 0 aromatic carbocycles. The van der Waals surface area contributed by atoms with Crippen molar-refractivity contribution in [2.24, 2.45) is 5.92 Å². The van der Waals surface area contributed by atoms with E-state index in [0.717, 1.165) is 11.2 Å². The average Bonchev–Trinajstić information content (AvgIpc) is 1.98. The van der Waals surface area contributed by atoms with Crippen LogP contribution in [0.5, 0.6) is 0 Å². The van der Waals surface area contributed by atoms with Gasteiger partial charge in [0.2, 0.25) is 0 Å². The predicted octanol–water partition coefficient (Wildman–Crippen LogP) is 2.37. The molecule has 0 bridgehead atoms. The lowest BCUT2D eigenvalue weighted by molar-refractivity contribution is 0.603. The predicted molar refractivity (Wildman–Crippen MR) is 55.3 cm³/mol. The largest absolute Gasteiger partial charge is 0.316 e. The van der Waals surface area contributed by atoms with Crippen LogP contribution in [0.4, 0.5) is 0 Å². The van der Waals surface area contributed by atoms with Gasteiger partial charge in [-0.3, -0.25) is 0 Å². The van der Waals surface area contributed by atoms with E-state index in [2.05, 4.69) is 44.8 Å². The Balaban J connectivity index is 3.43. The van der Waals surface area contributed by atoms with Crippen LogP contribution in [0.25, 0.3) is 0 Å². The second kappa shape index (κ2) is 5.90. The molecule has 0 spiro atoms. The minimum Gasteiger partial charge on any atom is -0.316 e. The first-order valence-corrected chi connectivity index (χ1v) is 5.41. The Bertz CT molecular complexity index is 93.6. The van der Waals surface area contributed by atoms with Gasteiger partial charge in [-0.1, -0.05) is 20.8 Å². The molecule has 2 unspecified atom stereocenters. The van der Waals surface area contributed by atoms with Crippen molar-refractivity contribution in [3.8, 4) is 0 Å². The average molecular weight is 175 g/mol. The molecule has 2 atom stereocenters. The number of hydrogen-bond donors (Lipinski definition) is 1. The Morgan fingerprint density at radius 1 is 1.18 bits per heavy atom. The molecule has 68 valence electrons. The Morgan fingerprint density at radius 3 is 2.09 bits per heavy atom. The topological polar surface area (TPSA) is 12.0 Å². The van der Waals surface area contributed by atoms with Gasteiger partial charge in [0.1, 0.15) is 0 Å². The maximum absolute atomic E-state index is 3.27. The van der Waals surface area contributed by atoms with Gasteiger partial charge in [0.05, 0.1) is 0 Å². The Hall–Kier alpha value is 0.310. The fourth-order valence-electron chi connectivity index (χ4n) is 0.723. The van der Waals surface area contributed by atoms with Crippen LogP contribution >= 0.6 is 11.8 Å². The summed E-state index contributed by atoms with van der Waals surface area (Å²) in [6.07, 6.45) is 0. The molecule has 1 N–H and O–H groups in total. The van der Waals surface area contributed by atoms with Crippen LogP contribution < -0.4 is 5.32 Å². The van der Waals surface area contributed by atoms with Crippen molar-refractivity contribution in [3.05, 3.63) is 0 Å². The maximum atomic E-state index is 3.27. The normalized spacial score (nSPS) is 16.9. The second-order valence-electron chi connectivity index (χ2n) is 3.51. The second-order valence-corrected chi connectivity index (χ2v) is 4.92. The van der Waals surface area contributed by atoms with Gasteiger partial charge in [-0.15, -0.1) is 0 Å². The molecule has 0 amide bonds. The molecular weight excluding hydrogens is 154 g/mol. The van der Waals surface area contributed by atoms with E-state index in [4.69, 9.17) is 0 Å². The van der Waals surface area contributed by atoms with Crippen LogP contribution in [0, 0.1) is 5.92 Å². The number of nitrogens with one attached hydrogen (secondary N) is 1. The molecule has 0 saturated carbocycles. The Kier molecular flexibility index (Phi) is 6.06. The van der Waals surface area contributed by atoms with Crippen LogP contribution in [0.15, 0.2) is 0 Å². The molecule has 0 aliphatic rings. The summed E-state index contributed by atoms with van der Waals surface area (Å²) in [5.41, 5.74) is 0. The highest BCUT2D eigenvalue weighted by Gasteiger charge is 2.10. The third-order valence-electron chi connectivity index (χ3n) is 1.85. The maximum Gasteiger partial charge on any atom is 0.0170 e. The third-order valence-corrected chi connectivity index (χ3v) is 3.65. The molecule has 0 heterocycles. The van der Waals surface area contributed by atoms with Crippen LogP contribution in [-0.2, 0) is 0 Å². The van der Waals surface area contributed by atoms with Gasteiger partial charge < -0.3 is 5.32 Å². The quantitative estimate of drug-likeness (QED) is 0.688. The molecule has 1 nitrogen and oxygen atoms in total. The van der Waals surface area contributed by atoms with Gasteiger partial charge in [-0.2, -0.15) is 11.8 Å². The fraction of sp³-hybridized carbons (Fsp3) is 1.00. The molecule has 0 radical (unpaired) electrons. The zero-order chi connectivity index (χ0) is 8.85. The summed E-state index contributed by atoms with van der Waals surface area (Å²) in [5, 5.41) is 3.99. The molecule has 11 heavy (non-hydrogen) atoms. The first-order valence-electron chi connectivity index (χ1n) is 4.36. The van der Waals surface area contributed by atoms with Gasteiger partial charge in [-0.25, -0.2) is 0 Å². The molecule has 0 aliphatic heterocycles. The molecule has 0 aliphatic carbocycles. The smallest absolute Gasteiger partial charge is 0.0170 e. The first kappa shape index (κ1) is 11.3. The van der Waals surface area contributed by atoms with E-state index in [0.29, 0.717) is 6.04 Å². The van der Waals surface area contributed by atoms with Crippen molar-refractivity contribution in [1.82, 2.24) is 5.32 Å². The summed E-state index contributed by atoms with van der Waals surface area (Å²) < 4.78 is 0. The highest BCUT2D eigenvalue weighted by molar-refractivity contribution is 7.99. The molecule has 0 aromatic rings. The minimum absolute atomic E-state index is 0.624. The summed E-state index contributed by atoms with van der Waals surface area (Å²) >= 11 is 2.05. The van der Waals surface area contributed by atoms with Crippen molar-refractivity contribution in [2.75, 3.05) is 12.8 Å². The van der Waals surface area contributed by atoms with Gasteiger partial charge in [0.15, 0.2) is 0 Å². The van der Waals surface area contributed by atoms with Gasteiger partial charge in [0, 0.05) is 11.3 Å². The molecular formula is C9H21NS. The van der Waals surface area contributed by atoms with E-state index >= 15 is 0 Å². The van der Waals surface area contributed by atoms with Gasteiger partial charge >= 0.3 is 0 Å². The van der Waals surface area contributed by atoms with Crippen LogP contribution in [-0.4, -0.2) is 24.1 Å². The van der Waals surface area contributed by atoms with E-state index < -0.39 is 0 Å². The summed E-state index contributed by atoms with van der Waals surface area (Å²) in [5.74, 6) is 2.08. The van der Waals surface area contributed by atoms with Crippen LogP contribution in [0.3, 0.4) is 0 Å². The monoisotopic (exact) mass is 175 g/mol. The highest BCUT2D eigenvalue weighted by Crippen LogP contribution is 2.16. The van der Waals surface area contributed by atoms with Crippen molar-refractivity contribution in [2.45, 2.75) is 39.0 Å². The molecule has 2 heteroatoms. The summed E-state index contributed by atoms with van der Waals surface area (Å²) in [6.45, 7) is 9.06. The third kappa shape index (κ3) is 5.57. The lowest BCUT2D eigenvalue weighted by Crippen LogP contribution is -2.30. The lowest BCUT2D eigenvalue weighted by atomic mass is 10.2. The van der Waals surface area contributed by atoms with E-state index in [1.54, 1.807) is 0 Å². The van der Waals surface area contributed by atoms with Crippen molar-refractivity contribution in [1.29, 1.82) is 0 Å². The van der Waals surface area contributed by atoms with Crippen molar-refractivity contribution in [3.63, 3.8) is 0 Å². The Labute approximate surface area is 75.3 Å². The highest BCUT2D eigenvalue weighted by atomic mass is 32.2. The number of hydrogen-bond acceptors (Lipinski definition) is 2. The van der Waals surface area contributed by atoms with Crippen LogP contribution in [0.1, 0.15) is 27.7 Å². The fourth-order valence-corrected chi connectivity index (χ4v) is 1.84. The van der Waals surface area contributed by atoms with Gasteiger partial charge in [-0.05, 0) is 25.6 Å². The van der Waals surface area contributed by atoms with E-state index in [9.17, 15) is 0 Å². The van der Waals surface area contributed by atoms with E-state index in [-0.39, 0.29) is 0 Å². The molecule has 0 saturated heterocycles. The van der Waals surface area contributed by atoms with E-state index in [1.165, 1.54) is 5.75 Å². The zero-order valence-electron chi connectivity index (χ0n) is 8.35. The molecule has 0 aromatic heterocycles. The van der Waals surface area contributed by atoms with Gasteiger partial charge in [0.25, 0.3) is 0 Å². The standard InChI is InChI=1S/C9H21NS/c1-7(2)6-11-9(4)8(3)10-5/h7-10H,6H2,1-5H3. The first-order chi connectivity index (χ1) is 5.07. The lowest BCUT2D eigenvalue weighted by Gasteiger charge is -2.19. The summed E-state index contributed by atoms with van der Waals surface area (Å²) in [7, 11) is 2.02.